The molecule has 1 heterocycles. The summed E-state index contributed by atoms with van der Waals surface area (Å²) in [5.74, 6) is 0.0728. The van der Waals surface area contributed by atoms with E-state index >= 15 is 0 Å². The van der Waals surface area contributed by atoms with Crippen molar-refractivity contribution in [1.82, 2.24) is 5.43 Å². The molecule has 5 nitrogen and oxygen atoms in total. The molecule has 1 aromatic rings. The van der Waals surface area contributed by atoms with Crippen molar-refractivity contribution in [2.75, 3.05) is 0 Å². The summed E-state index contributed by atoms with van der Waals surface area (Å²) >= 11 is 5.95. The Labute approximate surface area is 159 Å². The number of rotatable bonds is 3. The topological polar surface area (TPSA) is 61.5 Å². The highest BCUT2D eigenvalue weighted by molar-refractivity contribution is 6.50. The van der Waals surface area contributed by atoms with Gasteiger partial charge in [-0.05, 0) is 39.8 Å². The monoisotopic (exact) mass is 410 g/mol. The van der Waals surface area contributed by atoms with E-state index in [-0.39, 0.29) is 5.91 Å². The molecule has 0 aromatic heterocycles. The van der Waals surface area contributed by atoms with Crippen molar-refractivity contribution in [3.8, 4) is 0 Å². The Balaban J connectivity index is 0.000000646. The average molecular weight is 411 g/mol. The van der Waals surface area contributed by atoms with Gasteiger partial charge in [-0.1, -0.05) is 23.7 Å². The molecule has 27 heavy (non-hydrogen) atoms. The highest BCUT2D eigenvalue weighted by Gasteiger charge is 2.48. The van der Waals surface area contributed by atoms with E-state index < -0.39 is 18.5 Å². The Morgan fingerprint density at radius 1 is 1.11 bits per heavy atom. The van der Waals surface area contributed by atoms with Gasteiger partial charge < -0.3 is 26.7 Å². The van der Waals surface area contributed by atoms with Gasteiger partial charge in [0.05, 0.1) is 16.7 Å². The molecule has 1 aliphatic rings. The second-order valence-corrected chi connectivity index (χ2v) is 6.86. The van der Waals surface area contributed by atoms with E-state index in [4.69, 9.17) is 21.1 Å². The zero-order valence-electron chi connectivity index (χ0n) is 15.2. The van der Waals surface area contributed by atoms with Gasteiger partial charge in [-0.3, -0.25) is 4.79 Å². The van der Waals surface area contributed by atoms with Crippen LogP contribution in [0.4, 0.5) is 17.3 Å². The van der Waals surface area contributed by atoms with Gasteiger partial charge in [-0.25, -0.2) is 0 Å². The molecule has 150 valence electrons. The van der Waals surface area contributed by atoms with Crippen LogP contribution < -0.4 is 10.5 Å². The lowest BCUT2D eigenvalue weighted by Gasteiger charge is -2.28. The highest BCUT2D eigenvalue weighted by atomic mass is 35.5. The SMILES string of the molecule is CC1(C)OC(=CC=[NH+]NC(=O)c2ccccc2Cl)OC1(C)C.F[B-](F)(F)F. The lowest BCUT2D eigenvalue weighted by atomic mass is 9.90. The molecule has 1 fully saturated rings. The lowest BCUT2D eigenvalue weighted by molar-refractivity contribution is -0.502. The maximum absolute atomic E-state index is 11.9. The molecular formula is C16H20BClF4N2O3. The van der Waals surface area contributed by atoms with Crippen LogP contribution in [0, 0.1) is 0 Å². The van der Waals surface area contributed by atoms with Crippen LogP contribution in [0.2, 0.25) is 5.02 Å². The Morgan fingerprint density at radius 2 is 1.59 bits per heavy atom. The molecule has 0 aliphatic carbocycles. The summed E-state index contributed by atoms with van der Waals surface area (Å²) in [7, 11) is -6.00. The predicted molar refractivity (Wildman–Crippen MR) is 94.5 cm³/mol. The van der Waals surface area contributed by atoms with Gasteiger partial charge in [0, 0.05) is 0 Å². The molecule has 2 N–H and O–H groups in total. The molecule has 1 aliphatic heterocycles. The number of nitrogens with one attached hydrogen (secondary N) is 2. The molecule has 11 heteroatoms. The number of halogens is 5. The molecular weight excluding hydrogens is 390 g/mol. The molecule has 1 aromatic carbocycles. The Bertz CT molecular complexity index is 713. The van der Waals surface area contributed by atoms with Crippen LogP contribution in [-0.2, 0) is 9.47 Å². The number of allylic oxidation sites excluding steroid dienone is 1. The van der Waals surface area contributed by atoms with E-state index in [0.29, 0.717) is 16.5 Å². The smallest absolute Gasteiger partial charge is 0.455 e. The van der Waals surface area contributed by atoms with Crippen LogP contribution in [0.25, 0.3) is 0 Å². The zero-order valence-corrected chi connectivity index (χ0v) is 15.9. The number of hydrogen-bond donors (Lipinski definition) is 2. The van der Waals surface area contributed by atoms with E-state index in [2.05, 4.69) is 10.5 Å². The fourth-order valence-electron chi connectivity index (χ4n) is 1.77. The van der Waals surface area contributed by atoms with Crippen LogP contribution in [0.5, 0.6) is 0 Å². The summed E-state index contributed by atoms with van der Waals surface area (Å²) in [6.45, 7) is 7.84. The standard InChI is InChI=1S/C16H19ClN2O3.BF4/c1-15(2)16(3,4)22-13(21-15)9-10-18-19-14(20)11-7-5-6-8-12(11)17;2-1(3,4)5/h5-10H,1-4H3,(H,19,20);/q;-1/p+1. The van der Waals surface area contributed by atoms with Crippen LogP contribution in [0.3, 0.4) is 0 Å². The summed E-state index contributed by atoms with van der Waals surface area (Å²) in [4.78, 5) is 11.9. The summed E-state index contributed by atoms with van der Waals surface area (Å²) < 4.78 is 50.4. The third kappa shape index (κ3) is 7.50. The third-order valence-electron chi connectivity index (χ3n) is 3.77. The Kier molecular flexibility index (Phi) is 7.30. The molecule has 0 spiro atoms. The number of amides is 1. The molecule has 0 bridgehead atoms. The maximum atomic E-state index is 11.9. The Hall–Kier alpha value is -2.23. The first-order chi connectivity index (χ1) is 12.2. The fourth-order valence-corrected chi connectivity index (χ4v) is 1.99. The average Bonchev–Trinajstić information content (AvgIpc) is 2.70. The normalized spacial score (nSPS) is 17.4. The van der Waals surface area contributed by atoms with Crippen LogP contribution in [-0.4, -0.2) is 30.6 Å². The van der Waals surface area contributed by atoms with Crippen molar-refractivity contribution in [2.45, 2.75) is 38.9 Å². The third-order valence-corrected chi connectivity index (χ3v) is 4.10. The van der Waals surface area contributed by atoms with Crippen molar-refractivity contribution in [1.29, 1.82) is 0 Å². The minimum Gasteiger partial charge on any atom is -0.455 e. The van der Waals surface area contributed by atoms with E-state index in [1.165, 1.54) is 6.21 Å². The number of hydrazine groups is 1. The Morgan fingerprint density at radius 3 is 2.07 bits per heavy atom. The summed E-state index contributed by atoms with van der Waals surface area (Å²) in [6.07, 6.45) is 3.14. The number of carbonyl (C=O) groups excluding carboxylic acids is 1. The number of hydrogen-bond acceptors (Lipinski definition) is 3. The van der Waals surface area contributed by atoms with Crippen LogP contribution in [0.15, 0.2) is 36.3 Å². The van der Waals surface area contributed by atoms with Crippen molar-refractivity contribution < 1.29 is 36.6 Å². The van der Waals surface area contributed by atoms with Crippen molar-refractivity contribution in [3.05, 3.63) is 46.9 Å². The van der Waals surface area contributed by atoms with Crippen molar-refractivity contribution in [2.24, 2.45) is 0 Å². The quantitative estimate of drug-likeness (QED) is 0.349. The van der Waals surface area contributed by atoms with Gasteiger partial charge in [-0.2, -0.15) is 0 Å². The van der Waals surface area contributed by atoms with Gasteiger partial charge in [-0.15, -0.1) is 10.5 Å². The first-order valence-electron chi connectivity index (χ1n) is 7.82. The van der Waals surface area contributed by atoms with Crippen LogP contribution in [0.1, 0.15) is 38.1 Å². The van der Waals surface area contributed by atoms with Gasteiger partial charge in [0.1, 0.15) is 11.2 Å². The van der Waals surface area contributed by atoms with Crippen molar-refractivity contribution >= 4 is 31.0 Å². The lowest BCUT2D eigenvalue weighted by Crippen LogP contribution is -2.81. The number of hydrazone groups is 1. The molecule has 0 saturated carbocycles. The van der Waals surface area contributed by atoms with Gasteiger partial charge in [0.2, 0.25) is 0 Å². The number of benzene rings is 1. The molecule has 0 radical (unpaired) electrons. The summed E-state index contributed by atoms with van der Waals surface area (Å²) in [6, 6.07) is 6.82. The van der Waals surface area contributed by atoms with E-state index in [1.54, 1.807) is 30.3 Å². The first kappa shape index (κ1) is 22.8. The molecule has 1 amide bonds. The fraction of sp³-hybridized carbons (Fsp3) is 0.375. The van der Waals surface area contributed by atoms with Gasteiger partial charge >= 0.3 is 13.2 Å². The molecule has 2 rings (SSSR count). The number of carbonyl (C=O) groups is 1. The van der Waals surface area contributed by atoms with Crippen LogP contribution >= 0.6 is 11.6 Å². The van der Waals surface area contributed by atoms with E-state index in [9.17, 15) is 22.1 Å². The molecule has 1 saturated heterocycles. The van der Waals surface area contributed by atoms with E-state index in [0.717, 1.165) is 0 Å². The van der Waals surface area contributed by atoms with Gasteiger partial charge in [0.25, 0.3) is 5.95 Å². The molecule has 0 atom stereocenters. The summed E-state index contributed by atoms with van der Waals surface area (Å²) in [5, 5.41) is 3.07. The van der Waals surface area contributed by atoms with E-state index in [1.807, 2.05) is 27.7 Å². The first-order valence-corrected chi connectivity index (χ1v) is 8.20. The largest absolute Gasteiger partial charge is 0.673 e. The summed E-state index contributed by atoms with van der Waals surface area (Å²) in [5.41, 5.74) is 2.07. The van der Waals surface area contributed by atoms with Gasteiger partial charge in [0.15, 0.2) is 6.21 Å². The number of ether oxygens (including phenoxy) is 2. The van der Waals surface area contributed by atoms with Crippen molar-refractivity contribution in [3.63, 3.8) is 0 Å². The minimum absolute atomic E-state index is 0.325. The second kappa shape index (κ2) is 8.64. The minimum atomic E-state index is -6.00. The molecule has 0 unspecified atom stereocenters. The zero-order chi connectivity index (χ0) is 20.9. The highest BCUT2D eigenvalue weighted by Crippen LogP contribution is 2.39. The maximum Gasteiger partial charge on any atom is 0.673 e. The second-order valence-electron chi connectivity index (χ2n) is 6.45. The predicted octanol–water partition coefficient (Wildman–Crippen LogP) is 2.88.